The van der Waals surface area contributed by atoms with E-state index < -0.39 is 17.6 Å². The fourth-order valence-corrected chi connectivity index (χ4v) is 4.88. The number of carbonyl (C=O) groups excluding carboxylic acids is 1. The summed E-state index contributed by atoms with van der Waals surface area (Å²) in [6, 6.07) is 12.2. The quantitative estimate of drug-likeness (QED) is 0.263. The molecule has 4 N–H and O–H groups in total. The van der Waals surface area contributed by atoms with Crippen LogP contribution >= 0.6 is 0 Å². The number of anilines is 3. The van der Waals surface area contributed by atoms with Gasteiger partial charge in [0, 0.05) is 23.6 Å². The second-order valence-corrected chi connectivity index (χ2v) is 9.55. The molecule has 2 aromatic carbocycles. The van der Waals surface area contributed by atoms with E-state index in [1.807, 2.05) is 7.05 Å². The number of imidazole rings is 1. The van der Waals surface area contributed by atoms with Gasteiger partial charge >= 0.3 is 11.9 Å². The Hall–Kier alpha value is -4.12. The summed E-state index contributed by atoms with van der Waals surface area (Å²) in [7, 11) is 2.03. The van der Waals surface area contributed by atoms with E-state index in [0.717, 1.165) is 37.9 Å². The van der Waals surface area contributed by atoms with Gasteiger partial charge in [-0.15, -0.1) is 0 Å². The molecule has 1 aliphatic rings. The highest BCUT2D eigenvalue weighted by Gasteiger charge is 2.31. The van der Waals surface area contributed by atoms with Crippen molar-refractivity contribution in [1.82, 2.24) is 19.9 Å². The number of alkyl halides is 3. The van der Waals surface area contributed by atoms with Crippen molar-refractivity contribution in [2.75, 3.05) is 24.2 Å². The number of benzene rings is 2. The molecule has 0 radical (unpaired) electrons. The molecule has 198 valence electrons. The molecule has 4 aromatic rings. The van der Waals surface area contributed by atoms with Crippen LogP contribution in [0.1, 0.15) is 40.7 Å². The number of amides is 1. The van der Waals surface area contributed by atoms with Crippen LogP contribution in [0.4, 0.5) is 30.4 Å². The number of aryl methyl sites for hydroxylation is 1. The molecule has 1 atom stereocenters. The summed E-state index contributed by atoms with van der Waals surface area (Å²) in [6.07, 6.45) is 0.299. The molecular formula is C27H27F3N6O2. The first-order valence-corrected chi connectivity index (χ1v) is 12.3. The topological polar surface area (TPSA) is 106 Å². The first kappa shape index (κ1) is 25.5. The van der Waals surface area contributed by atoms with Gasteiger partial charge in [-0.05, 0) is 93.4 Å². The first-order valence-electron chi connectivity index (χ1n) is 12.3. The summed E-state index contributed by atoms with van der Waals surface area (Å²) in [5.74, 6) is -0.378. The third kappa shape index (κ3) is 5.72. The normalized spacial score (nSPS) is 16.2. The molecule has 5 rings (SSSR count). The van der Waals surface area contributed by atoms with Crippen molar-refractivity contribution in [2.24, 2.45) is 0 Å². The van der Waals surface area contributed by atoms with Crippen LogP contribution in [0.3, 0.4) is 0 Å². The van der Waals surface area contributed by atoms with Crippen LogP contribution in [-0.4, -0.2) is 45.4 Å². The number of hydrogen-bond acceptors (Lipinski definition) is 5. The second kappa shape index (κ2) is 10.3. The minimum Gasteiger partial charge on any atom is -0.340 e. The monoisotopic (exact) mass is 524 g/mol. The third-order valence-corrected chi connectivity index (χ3v) is 6.85. The zero-order chi connectivity index (χ0) is 26.9. The van der Waals surface area contributed by atoms with Gasteiger partial charge in [0.1, 0.15) is 5.82 Å². The highest BCUT2D eigenvalue weighted by Crippen LogP contribution is 2.33. The lowest BCUT2D eigenvalue weighted by Crippen LogP contribution is -2.25. The molecule has 0 aliphatic carbocycles. The lowest BCUT2D eigenvalue weighted by molar-refractivity contribution is -0.137. The summed E-state index contributed by atoms with van der Waals surface area (Å²) in [6.45, 7) is 0.993. The molecule has 38 heavy (non-hydrogen) atoms. The van der Waals surface area contributed by atoms with Crippen molar-refractivity contribution < 1.29 is 18.0 Å². The Labute approximate surface area is 216 Å². The molecule has 3 heterocycles. The van der Waals surface area contributed by atoms with Crippen LogP contribution in [0.2, 0.25) is 0 Å². The number of rotatable bonds is 7. The molecule has 2 aromatic heterocycles. The standard InChI is InChI=1S/C27H27F3N6O2/c1-36-11-3-4-20(36)8-6-16-12-17(27(28,29)30)14-19(13-16)33-25(37)21-5-2-10-31-24(21)32-18-7-9-22-23(15-18)35-26(38)34-22/h2,5,7,9-10,12-15,20H,3-4,6,8,11H2,1H3,(H,31,32)(H,33,37)(H2,34,35,38). The zero-order valence-electron chi connectivity index (χ0n) is 20.7. The molecular weight excluding hydrogens is 497 g/mol. The summed E-state index contributed by atoms with van der Waals surface area (Å²) in [5, 5.41) is 5.68. The third-order valence-electron chi connectivity index (χ3n) is 6.85. The van der Waals surface area contributed by atoms with Gasteiger partial charge in [0.05, 0.1) is 22.2 Å². The Balaban J connectivity index is 1.37. The van der Waals surface area contributed by atoms with Crippen molar-refractivity contribution in [3.8, 4) is 0 Å². The smallest absolute Gasteiger partial charge is 0.340 e. The molecule has 0 saturated carbocycles. The van der Waals surface area contributed by atoms with Gasteiger partial charge in [-0.25, -0.2) is 9.78 Å². The molecule has 8 nitrogen and oxygen atoms in total. The number of fused-ring (bicyclic) bond motifs is 1. The predicted octanol–water partition coefficient (Wildman–Crippen LogP) is 5.29. The fraction of sp³-hybridized carbons (Fsp3) is 0.296. The molecule has 1 unspecified atom stereocenters. The minimum atomic E-state index is -4.54. The summed E-state index contributed by atoms with van der Waals surface area (Å²) in [4.78, 5) is 36.5. The molecule has 1 fully saturated rings. The van der Waals surface area contributed by atoms with Gasteiger partial charge < -0.3 is 25.5 Å². The average molecular weight is 525 g/mol. The van der Waals surface area contributed by atoms with Gasteiger partial charge in [-0.1, -0.05) is 0 Å². The Morgan fingerprint density at radius 3 is 2.68 bits per heavy atom. The van der Waals surface area contributed by atoms with Crippen molar-refractivity contribution in [3.05, 3.63) is 81.9 Å². The number of H-pyrrole nitrogens is 2. The number of aromatic nitrogens is 3. The van der Waals surface area contributed by atoms with E-state index in [1.165, 1.54) is 12.3 Å². The molecule has 1 aliphatic heterocycles. The van der Waals surface area contributed by atoms with Gasteiger partial charge in [-0.3, -0.25) is 4.79 Å². The van der Waals surface area contributed by atoms with Crippen LogP contribution in [0.25, 0.3) is 11.0 Å². The Bertz CT molecular complexity index is 1530. The maximum Gasteiger partial charge on any atom is 0.416 e. The largest absolute Gasteiger partial charge is 0.416 e. The molecule has 11 heteroatoms. The van der Waals surface area contributed by atoms with Crippen molar-refractivity contribution in [2.45, 2.75) is 37.9 Å². The maximum absolute atomic E-state index is 13.7. The van der Waals surface area contributed by atoms with Crippen molar-refractivity contribution in [3.63, 3.8) is 0 Å². The van der Waals surface area contributed by atoms with Crippen LogP contribution in [0.15, 0.2) is 59.5 Å². The zero-order valence-corrected chi connectivity index (χ0v) is 20.7. The number of nitrogens with zero attached hydrogens (tertiary/aromatic N) is 2. The number of likely N-dealkylation sites (tertiary alicyclic amines) is 1. The first-order chi connectivity index (χ1) is 18.2. The molecule has 0 spiro atoms. The Morgan fingerprint density at radius 2 is 1.92 bits per heavy atom. The van der Waals surface area contributed by atoms with Gasteiger partial charge in [0.25, 0.3) is 5.91 Å². The Kier molecular flexibility index (Phi) is 6.94. The molecule has 1 saturated heterocycles. The molecule has 0 bridgehead atoms. The average Bonchev–Trinajstić information content (AvgIpc) is 3.45. The predicted molar refractivity (Wildman–Crippen MR) is 140 cm³/mol. The number of aromatic amines is 2. The SMILES string of the molecule is CN1CCCC1CCc1cc(NC(=O)c2cccnc2Nc2ccc3[nH]c(=O)[nH]c3c2)cc(C(F)(F)F)c1. The van der Waals surface area contributed by atoms with Crippen LogP contribution in [0, 0.1) is 0 Å². The van der Waals surface area contributed by atoms with E-state index in [4.69, 9.17) is 0 Å². The lowest BCUT2D eigenvalue weighted by Gasteiger charge is -2.20. The number of carbonyl (C=O) groups is 1. The van der Waals surface area contributed by atoms with Crippen molar-refractivity contribution >= 4 is 34.1 Å². The Morgan fingerprint density at radius 1 is 1.11 bits per heavy atom. The van der Waals surface area contributed by atoms with Crippen molar-refractivity contribution in [1.29, 1.82) is 0 Å². The molecule has 1 amide bonds. The van der Waals surface area contributed by atoms with Gasteiger partial charge in [0.15, 0.2) is 0 Å². The van der Waals surface area contributed by atoms with E-state index in [-0.39, 0.29) is 22.8 Å². The van der Waals surface area contributed by atoms with Crippen LogP contribution in [0.5, 0.6) is 0 Å². The highest BCUT2D eigenvalue weighted by atomic mass is 19.4. The van der Waals surface area contributed by atoms with E-state index in [9.17, 15) is 22.8 Å². The van der Waals surface area contributed by atoms with E-state index >= 15 is 0 Å². The minimum absolute atomic E-state index is 0.0701. The van der Waals surface area contributed by atoms with Crippen LogP contribution in [-0.2, 0) is 12.6 Å². The van der Waals surface area contributed by atoms with E-state index in [0.29, 0.717) is 34.7 Å². The number of hydrogen-bond donors (Lipinski definition) is 4. The van der Waals surface area contributed by atoms with Gasteiger partial charge in [0.2, 0.25) is 0 Å². The highest BCUT2D eigenvalue weighted by molar-refractivity contribution is 6.08. The summed E-state index contributed by atoms with van der Waals surface area (Å²) < 4.78 is 41.0. The number of pyridine rings is 1. The summed E-state index contributed by atoms with van der Waals surface area (Å²) in [5.41, 5.74) is 1.37. The lowest BCUT2D eigenvalue weighted by atomic mass is 10.0. The summed E-state index contributed by atoms with van der Waals surface area (Å²) >= 11 is 0. The second-order valence-electron chi connectivity index (χ2n) is 9.55. The van der Waals surface area contributed by atoms with E-state index in [1.54, 1.807) is 30.3 Å². The maximum atomic E-state index is 13.7. The number of nitrogens with one attached hydrogen (secondary N) is 4. The fourth-order valence-electron chi connectivity index (χ4n) is 4.88. The van der Waals surface area contributed by atoms with Gasteiger partial charge in [-0.2, -0.15) is 13.2 Å². The number of halogens is 3. The van der Waals surface area contributed by atoms with Crippen LogP contribution < -0.4 is 16.3 Å². The van der Waals surface area contributed by atoms with E-state index in [2.05, 4.69) is 30.5 Å².